The van der Waals surface area contributed by atoms with Crippen LogP contribution in [0.25, 0.3) is 11.0 Å². The molecular weight excluding hydrogens is 424 g/mol. The van der Waals surface area contributed by atoms with Crippen molar-refractivity contribution in [1.29, 1.82) is 0 Å². The first-order chi connectivity index (χ1) is 14.7. The zero-order chi connectivity index (χ0) is 20.9. The molecule has 2 aromatic heterocycles. The lowest BCUT2D eigenvalue weighted by atomic mass is 10.2. The second kappa shape index (κ2) is 9.63. The average molecular weight is 447 g/mol. The van der Waals surface area contributed by atoms with Crippen molar-refractivity contribution in [3.8, 4) is 0 Å². The Morgan fingerprint density at radius 1 is 1.30 bits per heavy atom. The molecule has 0 aliphatic carbocycles. The van der Waals surface area contributed by atoms with Gasteiger partial charge in [-0.05, 0) is 24.0 Å². The van der Waals surface area contributed by atoms with Crippen LogP contribution < -0.4 is 10.2 Å². The number of aromatic nitrogens is 4. The quantitative estimate of drug-likeness (QED) is 0.441. The minimum Gasteiger partial charge on any atom is -0.378 e. The van der Waals surface area contributed by atoms with Crippen molar-refractivity contribution in [2.24, 2.45) is 0 Å². The number of carbonyl (C=O) groups is 1. The standard InChI is InChI=1S/C20H23ClN6O2S/c1-2-30-20-24-17(26-8-10-29-11-9-26)16-13-23-27(18(16)25-20)7-6-22-19(28)14-4-3-5-15(21)12-14/h3-5,12-13H,2,6-11H2,1H3,(H,22,28). The Morgan fingerprint density at radius 3 is 2.90 bits per heavy atom. The Labute approximate surface area is 184 Å². The summed E-state index contributed by atoms with van der Waals surface area (Å²) in [5.41, 5.74) is 1.31. The van der Waals surface area contributed by atoms with E-state index in [1.54, 1.807) is 42.2 Å². The van der Waals surface area contributed by atoms with E-state index in [0.717, 1.165) is 40.9 Å². The Hall–Kier alpha value is -2.36. The lowest BCUT2D eigenvalue weighted by molar-refractivity contribution is 0.0952. The zero-order valence-corrected chi connectivity index (χ0v) is 18.2. The van der Waals surface area contributed by atoms with E-state index in [1.165, 1.54) is 0 Å². The predicted octanol–water partition coefficient (Wildman–Crippen LogP) is 2.86. The van der Waals surface area contributed by atoms with E-state index in [-0.39, 0.29) is 5.91 Å². The molecule has 0 saturated carbocycles. The van der Waals surface area contributed by atoms with E-state index in [9.17, 15) is 4.79 Å². The maximum absolute atomic E-state index is 12.3. The third-order valence-electron chi connectivity index (χ3n) is 4.74. The van der Waals surface area contributed by atoms with E-state index in [1.807, 2.05) is 4.68 Å². The van der Waals surface area contributed by atoms with Crippen LogP contribution >= 0.6 is 23.4 Å². The lowest BCUT2D eigenvalue weighted by Crippen LogP contribution is -2.37. The maximum atomic E-state index is 12.3. The fraction of sp³-hybridized carbons (Fsp3) is 0.400. The number of amides is 1. The van der Waals surface area contributed by atoms with Gasteiger partial charge in [0.1, 0.15) is 5.82 Å². The van der Waals surface area contributed by atoms with Crippen LogP contribution in [0.4, 0.5) is 5.82 Å². The number of anilines is 1. The van der Waals surface area contributed by atoms with Crippen molar-refractivity contribution in [1.82, 2.24) is 25.1 Å². The molecule has 1 aromatic carbocycles. The molecule has 0 radical (unpaired) electrons. The molecule has 0 unspecified atom stereocenters. The van der Waals surface area contributed by atoms with Gasteiger partial charge in [-0.3, -0.25) is 4.79 Å². The number of ether oxygens (including phenoxy) is 1. The van der Waals surface area contributed by atoms with Crippen molar-refractivity contribution >= 4 is 46.1 Å². The van der Waals surface area contributed by atoms with Crippen molar-refractivity contribution in [2.45, 2.75) is 18.6 Å². The van der Waals surface area contributed by atoms with Crippen LogP contribution in [0.5, 0.6) is 0 Å². The van der Waals surface area contributed by atoms with Gasteiger partial charge in [-0.1, -0.05) is 36.4 Å². The molecule has 158 valence electrons. The van der Waals surface area contributed by atoms with Gasteiger partial charge < -0.3 is 15.0 Å². The highest BCUT2D eigenvalue weighted by molar-refractivity contribution is 7.99. The second-order valence-electron chi connectivity index (χ2n) is 6.73. The molecule has 1 aliphatic heterocycles. The smallest absolute Gasteiger partial charge is 0.251 e. The van der Waals surface area contributed by atoms with E-state index in [2.05, 4.69) is 22.2 Å². The summed E-state index contributed by atoms with van der Waals surface area (Å²) < 4.78 is 7.29. The Morgan fingerprint density at radius 2 is 2.13 bits per heavy atom. The molecule has 0 bridgehead atoms. The molecule has 3 aromatic rings. The number of thioether (sulfide) groups is 1. The summed E-state index contributed by atoms with van der Waals surface area (Å²) >= 11 is 7.57. The molecule has 1 N–H and O–H groups in total. The third-order valence-corrected chi connectivity index (χ3v) is 5.70. The summed E-state index contributed by atoms with van der Waals surface area (Å²) in [6, 6.07) is 6.89. The van der Waals surface area contributed by atoms with Crippen LogP contribution in [0.3, 0.4) is 0 Å². The van der Waals surface area contributed by atoms with Crippen LogP contribution in [-0.4, -0.2) is 64.3 Å². The minimum absolute atomic E-state index is 0.167. The van der Waals surface area contributed by atoms with Crippen LogP contribution in [0.1, 0.15) is 17.3 Å². The second-order valence-corrected chi connectivity index (χ2v) is 8.40. The molecule has 1 amide bonds. The van der Waals surface area contributed by atoms with Crippen molar-refractivity contribution in [3.05, 3.63) is 41.0 Å². The molecule has 4 rings (SSSR count). The number of rotatable bonds is 7. The Kier molecular flexibility index (Phi) is 6.71. The number of hydrogen-bond acceptors (Lipinski definition) is 7. The summed E-state index contributed by atoms with van der Waals surface area (Å²) in [7, 11) is 0. The highest BCUT2D eigenvalue weighted by Crippen LogP contribution is 2.27. The number of carbonyl (C=O) groups excluding carboxylic acids is 1. The normalized spacial score (nSPS) is 14.3. The van der Waals surface area contributed by atoms with Crippen molar-refractivity contribution in [2.75, 3.05) is 43.5 Å². The number of fused-ring (bicyclic) bond motifs is 1. The van der Waals surface area contributed by atoms with Gasteiger partial charge in [0.2, 0.25) is 0 Å². The number of benzene rings is 1. The van der Waals surface area contributed by atoms with E-state index in [0.29, 0.717) is 36.9 Å². The first-order valence-electron chi connectivity index (χ1n) is 9.88. The predicted molar refractivity (Wildman–Crippen MR) is 119 cm³/mol. The minimum atomic E-state index is -0.167. The van der Waals surface area contributed by atoms with Crippen LogP contribution in [0.15, 0.2) is 35.6 Å². The highest BCUT2D eigenvalue weighted by Gasteiger charge is 2.20. The van der Waals surface area contributed by atoms with Gasteiger partial charge in [0, 0.05) is 30.2 Å². The molecule has 10 heteroatoms. The molecule has 1 aliphatic rings. The summed E-state index contributed by atoms with van der Waals surface area (Å²) in [4.78, 5) is 24.0. The van der Waals surface area contributed by atoms with Gasteiger partial charge in [-0.25, -0.2) is 14.6 Å². The molecule has 0 atom stereocenters. The Bertz CT molecular complexity index is 1040. The van der Waals surface area contributed by atoms with E-state index in [4.69, 9.17) is 26.3 Å². The Balaban J connectivity index is 1.52. The number of hydrogen-bond donors (Lipinski definition) is 1. The van der Waals surface area contributed by atoms with Crippen LogP contribution in [0.2, 0.25) is 5.02 Å². The largest absolute Gasteiger partial charge is 0.378 e. The van der Waals surface area contributed by atoms with Gasteiger partial charge in [0.15, 0.2) is 10.8 Å². The molecule has 30 heavy (non-hydrogen) atoms. The summed E-state index contributed by atoms with van der Waals surface area (Å²) in [5.74, 6) is 1.62. The van der Waals surface area contributed by atoms with Gasteiger partial charge in [-0.15, -0.1) is 0 Å². The van der Waals surface area contributed by atoms with Gasteiger partial charge >= 0.3 is 0 Å². The molecule has 1 fully saturated rings. The van der Waals surface area contributed by atoms with Crippen LogP contribution in [-0.2, 0) is 11.3 Å². The van der Waals surface area contributed by atoms with Gasteiger partial charge in [0.05, 0.1) is 31.3 Å². The number of nitrogens with zero attached hydrogens (tertiary/aromatic N) is 5. The van der Waals surface area contributed by atoms with Gasteiger partial charge in [-0.2, -0.15) is 5.10 Å². The first kappa shape index (κ1) is 20.9. The first-order valence-corrected chi connectivity index (χ1v) is 11.2. The molecule has 1 saturated heterocycles. The van der Waals surface area contributed by atoms with Gasteiger partial charge in [0.25, 0.3) is 5.91 Å². The fourth-order valence-electron chi connectivity index (χ4n) is 3.30. The molecular formula is C20H23ClN6O2S. The summed E-state index contributed by atoms with van der Waals surface area (Å²) in [6.07, 6.45) is 1.80. The summed E-state index contributed by atoms with van der Waals surface area (Å²) in [6.45, 7) is 5.97. The van der Waals surface area contributed by atoms with E-state index < -0.39 is 0 Å². The zero-order valence-electron chi connectivity index (χ0n) is 16.7. The third kappa shape index (κ3) is 4.69. The molecule has 8 nitrogen and oxygen atoms in total. The van der Waals surface area contributed by atoms with Crippen molar-refractivity contribution < 1.29 is 9.53 Å². The maximum Gasteiger partial charge on any atom is 0.251 e. The van der Waals surface area contributed by atoms with Crippen molar-refractivity contribution in [3.63, 3.8) is 0 Å². The lowest BCUT2D eigenvalue weighted by Gasteiger charge is -2.28. The van der Waals surface area contributed by atoms with E-state index >= 15 is 0 Å². The highest BCUT2D eigenvalue weighted by atomic mass is 35.5. The molecule has 3 heterocycles. The topological polar surface area (TPSA) is 85.2 Å². The monoisotopic (exact) mass is 446 g/mol. The molecule has 0 spiro atoms. The SMILES string of the molecule is CCSc1nc(N2CCOCC2)c2cnn(CCNC(=O)c3cccc(Cl)c3)c2n1. The van der Waals surface area contributed by atoms with Crippen LogP contribution in [0, 0.1) is 0 Å². The average Bonchev–Trinajstić information content (AvgIpc) is 3.17. The summed E-state index contributed by atoms with van der Waals surface area (Å²) in [5, 5.41) is 9.61. The number of halogens is 1. The fourth-order valence-corrected chi connectivity index (χ4v) is 4.05. The number of morpholine rings is 1. The number of nitrogens with one attached hydrogen (secondary N) is 1.